The van der Waals surface area contributed by atoms with Crippen molar-refractivity contribution in [2.24, 2.45) is 0 Å². The van der Waals surface area contributed by atoms with Crippen LogP contribution < -0.4 is 5.32 Å². The molecule has 2 aromatic rings. The van der Waals surface area contributed by atoms with E-state index in [-0.39, 0.29) is 5.91 Å². The van der Waals surface area contributed by atoms with Crippen LogP contribution in [0.2, 0.25) is 0 Å². The molecule has 3 nitrogen and oxygen atoms in total. The van der Waals surface area contributed by atoms with E-state index < -0.39 is 0 Å². The Morgan fingerprint density at radius 3 is 2.48 bits per heavy atom. The molecule has 1 heterocycles. The normalized spacial score (nSPS) is 15.1. The molecule has 0 bridgehead atoms. The van der Waals surface area contributed by atoms with Crippen molar-refractivity contribution >= 4 is 5.91 Å². The highest BCUT2D eigenvalue weighted by atomic mass is 16.1. The third-order valence-electron chi connectivity index (χ3n) is 5.07. The van der Waals surface area contributed by atoms with Crippen molar-refractivity contribution in [3.63, 3.8) is 0 Å². The van der Waals surface area contributed by atoms with Crippen LogP contribution in [0.25, 0.3) is 0 Å². The van der Waals surface area contributed by atoms with Crippen LogP contribution in [0.15, 0.2) is 42.5 Å². The molecule has 1 N–H and O–H groups in total. The Labute approximate surface area is 151 Å². The molecule has 0 spiro atoms. The number of aryl methyl sites for hydroxylation is 2. The average molecular weight is 336 g/mol. The second-order valence-corrected chi connectivity index (χ2v) is 7.14. The fourth-order valence-electron chi connectivity index (χ4n) is 3.38. The van der Waals surface area contributed by atoms with Crippen LogP contribution >= 0.6 is 0 Å². The zero-order valence-electron chi connectivity index (χ0n) is 15.3. The summed E-state index contributed by atoms with van der Waals surface area (Å²) >= 11 is 0. The monoisotopic (exact) mass is 336 g/mol. The number of nitrogens with one attached hydrogen (secondary N) is 1. The molecular formula is C22H28N2O. The van der Waals surface area contributed by atoms with Gasteiger partial charge in [-0.15, -0.1) is 0 Å². The van der Waals surface area contributed by atoms with E-state index in [1.165, 1.54) is 43.5 Å². The maximum absolute atomic E-state index is 12.4. The second kappa shape index (κ2) is 8.30. The van der Waals surface area contributed by atoms with E-state index in [2.05, 4.69) is 41.4 Å². The number of hydrogen-bond donors (Lipinski definition) is 1. The Morgan fingerprint density at radius 1 is 0.960 bits per heavy atom. The van der Waals surface area contributed by atoms with Gasteiger partial charge >= 0.3 is 0 Å². The standard InChI is InChI=1S/C22H28N2O/c1-17-9-10-21(13-18(17)2)22(25)23-15-19-7-6-8-20(14-19)16-24-11-4-3-5-12-24/h6-10,13-14H,3-5,11-12,15-16H2,1-2H3,(H,23,25). The number of hydrogen-bond acceptors (Lipinski definition) is 2. The van der Waals surface area contributed by atoms with Crippen LogP contribution in [0.1, 0.15) is 51.9 Å². The lowest BCUT2D eigenvalue weighted by molar-refractivity contribution is 0.0951. The summed E-state index contributed by atoms with van der Waals surface area (Å²) in [5.41, 5.74) is 5.58. The second-order valence-electron chi connectivity index (χ2n) is 7.14. The Morgan fingerprint density at radius 2 is 1.72 bits per heavy atom. The van der Waals surface area contributed by atoms with Crippen LogP contribution in [0.5, 0.6) is 0 Å². The van der Waals surface area contributed by atoms with Crippen molar-refractivity contribution in [2.75, 3.05) is 13.1 Å². The molecule has 25 heavy (non-hydrogen) atoms. The molecule has 0 radical (unpaired) electrons. The smallest absolute Gasteiger partial charge is 0.251 e. The summed E-state index contributed by atoms with van der Waals surface area (Å²) in [5.74, 6) is -0.00969. The van der Waals surface area contributed by atoms with Gasteiger partial charge in [0.15, 0.2) is 0 Å². The summed E-state index contributed by atoms with van der Waals surface area (Å²) in [7, 11) is 0. The van der Waals surface area contributed by atoms with Gasteiger partial charge in [-0.3, -0.25) is 9.69 Å². The lowest BCUT2D eigenvalue weighted by atomic mass is 10.1. The fraction of sp³-hybridized carbons (Fsp3) is 0.409. The SMILES string of the molecule is Cc1ccc(C(=O)NCc2cccc(CN3CCCCC3)c2)cc1C. The first-order valence-electron chi connectivity index (χ1n) is 9.27. The van der Waals surface area contributed by atoms with Gasteiger partial charge in [0.1, 0.15) is 0 Å². The summed E-state index contributed by atoms with van der Waals surface area (Å²) in [5, 5.41) is 3.04. The molecule has 1 fully saturated rings. The molecule has 0 aromatic heterocycles. The number of nitrogens with zero attached hydrogens (tertiary/aromatic N) is 1. The molecule has 3 heteroatoms. The maximum Gasteiger partial charge on any atom is 0.251 e. The van der Waals surface area contributed by atoms with Gasteiger partial charge < -0.3 is 5.32 Å². The first-order chi connectivity index (χ1) is 12.1. The molecule has 1 aliphatic heterocycles. The van der Waals surface area contributed by atoms with E-state index in [1.807, 2.05) is 25.1 Å². The van der Waals surface area contributed by atoms with Crippen molar-refractivity contribution in [2.45, 2.75) is 46.2 Å². The van der Waals surface area contributed by atoms with E-state index in [0.717, 1.165) is 23.2 Å². The van der Waals surface area contributed by atoms with Crippen molar-refractivity contribution in [3.8, 4) is 0 Å². The Bertz CT molecular complexity index is 733. The number of amides is 1. The van der Waals surface area contributed by atoms with Crippen molar-refractivity contribution < 1.29 is 4.79 Å². The molecule has 1 saturated heterocycles. The predicted molar refractivity (Wildman–Crippen MR) is 103 cm³/mol. The highest BCUT2D eigenvalue weighted by molar-refractivity contribution is 5.94. The van der Waals surface area contributed by atoms with Crippen LogP contribution in [0.3, 0.4) is 0 Å². The van der Waals surface area contributed by atoms with Crippen LogP contribution in [-0.2, 0) is 13.1 Å². The number of benzene rings is 2. The van der Waals surface area contributed by atoms with Crippen LogP contribution in [-0.4, -0.2) is 23.9 Å². The summed E-state index contributed by atoms with van der Waals surface area (Å²) < 4.78 is 0. The molecule has 3 rings (SSSR count). The van der Waals surface area contributed by atoms with Gasteiger partial charge in [0, 0.05) is 18.7 Å². The minimum atomic E-state index is -0.00969. The van der Waals surface area contributed by atoms with E-state index in [4.69, 9.17) is 0 Å². The summed E-state index contributed by atoms with van der Waals surface area (Å²) in [6.07, 6.45) is 3.98. The minimum Gasteiger partial charge on any atom is -0.348 e. The molecular weight excluding hydrogens is 308 g/mol. The Hall–Kier alpha value is -2.13. The first kappa shape index (κ1) is 17.7. The third kappa shape index (κ3) is 4.93. The quantitative estimate of drug-likeness (QED) is 0.886. The largest absolute Gasteiger partial charge is 0.348 e. The highest BCUT2D eigenvalue weighted by Gasteiger charge is 2.11. The minimum absolute atomic E-state index is 0.00969. The van der Waals surface area contributed by atoms with Crippen molar-refractivity contribution in [1.82, 2.24) is 10.2 Å². The molecule has 0 saturated carbocycles. The van der Waals surface area contributed by atoms with E-state index in [1.54, 1.807) is 0 Å². The van der Waals surface area contributed by atoms with Gasteiger partial charge in [-0.25, -0.2) is 0 Å². The number of piperidine rings is 1. The number of carbonyl (C=O) groups is 1. The topological polar surface area (TPSA) is 32.3 Å². The molecule has 132 valence electrons. The summed E-state index contributed by atoms with van der Waals surface area (Å²) in [4.78, 5) is 14.9. The maximum atomic E-state index is 12.4. The third-order valence-corrected chi connectivity index (χ3v) is 5.07. The lowest BCUT2D eigenvalue weighted by Gasteiger charge is -2.26. The first-order valence-corrected chi connectivity index (χ1v) is 9.27. The molecule has 1 amide bonds. The molecule has 0 aliphatic carbocycles. The molecule has 0 atom stereocenters. The van der Waals surface area contributed by atoms with Crippen LogP contribution in [0.4, 0.5) is 0 Å². The van der Waals surface area contributed by atoms with Crippen LogP contribution in [0, 0.1) is 13.8 Å². The molecule has 0 unspecified atom stereocenters. The van der Waals surface area contributed by atoms with Gasteiger partial charge in [-0.05, 0) is 74.2 Å². The number of rotatable bonds is 5. The molecule has 2 aromatic carbocycles. The molecule has 1 aliphatic rings. The van der Waals surface area contributed by atoms with E-state index in [9.17, 15) is 4.79 Å². The van der Waals surface area contributed by atoms with E-state index >= 15 is 0 Å². The van der Waals surface area contributed by atoms with Gasteiger partial charge in [0.05, 0.1) is 0 Å². The predicted octanol–water partition coefficient (Wildman–Crippen LogP) is 4.22. The lowest BCUT2D eigenvalue weighted by Crippen LogP contribution is -2.29. The summed E-state index contributed by atoms with van der Waals surface area (Å²) in [6, 6.07) is 14.4. The van der Waals surface area contributed by atoms with Gasteiger partial charge in [-0.1, -0.05) is 36.8 Å². The highest BCUT2D eigenvalue weighted by Crippen LogP contribution is 2.14. The van der Waals surface area contributed by atoms with Gasteiger partial charge in [0.25, 0.3) is 5.91 Å². The zero-order valence-corrected chi connectivity index (χ0v) is 15.3. The zero-order chi connectivity index (χ0) is 17.6. The Balaban J connectivity index is 1.58. The fourth-order valence-corrected chi connectivity index (χ4v) is 3.38. The van der Waals surface area contributed by atoms with Gasteiger partial charge in [0.2, 0.25) is 0 Å². The average Bonchev–Trinajstić information content (AvgIpc) is 2.63. The number of likely N-dealkylation sites (tertiary alicyclic amines) is 1. The summed E-state index contributed by atoms with van der Waals surface area (Å²) in [6.45, 7) is 8.08. The van der Waals surface area contributed by atoms with Crippen molar-refractivity contribution in [1.29, 1.82) is 0 Å². The van der Waals surface area contributed by atoms with Gasteiger partial charge in [-0.2, -0.15) is 0 Å². The number of carbonyl (C=O) groups excluding carboxylic acids is 1. The van der Waals surface area contributed by atoms with E-state index in [0.29, 0.717) is 6.54 Å². The van der Waals surface area contributed by atoms with Crippen molar-refractivity contribution in [3.05, 3.63) is 70.3 Å². The Kier molecular flexibility index (Phi) is 5.87.